The molecule has 192 valence electrons. The SMILES string of the molecule is CC(C)(O)COc1cc(-c2ccc(N3CCN(CC#Cc4cccnc4)CC3)nc2)c2c(C#N)cnn2c1. The van der Waals surface area contributed by atoms with Gasteiger partial charge in [0, 0.05) is 61.5 Å². The fourth-order valence-electron chi connectivity index (χ4n) is 4.30. The Morgan fingerprint density at radius 1 is 1.11 bits per heavy atom. The molecule has 0 aromatic carbocycles. The van der Waals surface area contributed by atoms with Gasteiger partial charge >= 0.3 is 0 Å². The number of aliphatic hydroxyl groups is 1. The number of anilines is 1. The maximum absolute atomic E-state index is 10.1. The summed E-state index contributed by atoms with van der Waals surface area (Å²) in [6, 6.07) is 12.0. The van der Waals surface area contributed by atoms with Gasteiger partial charge in [0.2, 0.25) is 0 Å². The van der Waals surface area contributed by atoms with Gasteiger partial charge in [-0.3, -0.25) is 9.88 Å². The van der Waals surface area contributed by atoms with E-state index in [4.69, 9.17) is 9.72 Å². The summed E-state index contributed by atoms with van der Waals surface area (Å²) < 4.78 is 7.46. The number of aromatic nitrogens is 4. The Morgan fingerprint density at radius 3 is 2.63 bits per heavy atom. The Labute approximate surface area is 221 Å². The fourth-order valence-corrected chi connectivity index (χ4v) is 4.30. The van der Waals surface area contributed by atoms with Crippen LogP contribution in [0, 0.1) is 23.2 Å². The van der Waals surface area contributed by atoms with Crippen LogP contribution in [0.5, 0.6) is 5.75 Å². The van der Waals surface area contributed by atoms with E-state index in [9.17, 15) is 10.4 Å². The minimum Gasteiger partial charge on any atom is -0.489 e. The number of fused-ring (bicyclic) bond motifs is 1. The third kappa shape index (κ3) is 5.92. The van der Waals surface area contributed by atoms with Crippen molar-refractivity contribution in [1.29, 1.82) is 5.26 Å². The van der Waals surface area contributed by atoms with Crippen molar-refractivity contribution in [3.05, 3.63) is 72.4 Å². The van der Waals surface area contributed by atoms with Crippen molar-refractivity contribution in [1.82, 2.24) is 24.5 Å². The number of pyridine rings is 3. The predicted molar refractivity (Wildman–Crippen MR) is 145 cm³/mol. The van der Waals surface area contributed by atoms with Crippen molar-refractivity contribution in [2.24, 2.45) is 0 Å². The zero-order valence-electron chi connectivity index (χ0n) is 21.5. The number of hydrogen-bond acceptors (Lipinski definition) is 8. The first-order chi connectivity index (χ1) is 18.4. The average molecular weight is 508 g/mol. The monoisotopic (exact) mass is 507 g/mol. The first kappa shape index (κ1) is 25.2. The van der Waals surface area contributed by atoms with Crippen LogP contribution in [0.25, 0.3) is 16.6 Å². The van der Waals surface area contributed by atoms with Gasteiger partial charge in [0.1, 0.15) is 24.2 Å². The van der Waals surface area contributed by atoms with Crippen molar-refractivity contribution < 1.29 is 9.84 Å². The number of hydrogen-bond donors (Lipinski definition) is 1. The second-order valence-electron chi connectivity index (χ2n) is 9.87. The summed E-state index contributed by atoms with van der Waals surface area (Å²) in [5.41, 5.74) is 2.77. The van der Waals surface area contributed by atoms with E-state index in [1.807, 2.05) is 36.5 Å². The van der Waals surface area contributed by atoms with Crippen molar-refractivity contribution >= 4 is 11.3 Å². The molecule has 1 N–H and O–H groups in total. The molecule has 1 fully saturated rings. The Kier molecular flexibility index (Phi) is 7.23. The van der Waals surface area contributed by atoms with Gasteiger partial charge in [-0.25, -0.2) is 9.50 Å². The van der Waals surface area contributed by atoms with Crippen LogP contribution in [0.15, 0.2) is 61.3 Å². The van der Waals surface area contributed by atoms with Crippen LogP contribution in [0.4, 0.5) is 5.82 Å². The zero-order valence-corrected chi connectivity index (χ0v) is 21.5. The first-order valence-electron chi connectivity index (χ1n) is 12.5. The van der Waals surface area contributed by atoms with Gasteiger partial charge in [-0.05, 0) is 44.2 Å². The lowest BCUT2D eigenvalue weighted by molar-refractivity contribution is 0.0283. The van der Waals surface area contributed by atoms with Gasteiger partial charge < -0.3 is 14.7 Å². The molecule has 5 rings (SSSR count). The summed E-state index contributed by atoms with van der Waals surface area (Å²) in [7, 11) is 0. The standard InChI is InChI=1S/C29H29N7O2/c1-29(2,37)21-38-25-15-26(28-24(16-30)19-33-36(28)20-25)23-7-8-27(32-18-23)35-13-11-34(12-14-35)10-4-6-22-5-3-9-31-17-22/h3,5,7-9,15,17-20,37H,10-14,21H2,1-2H3. The molecular weight excluding hydrogens is 478 g/mol. The molecule has 0 bridgehead atoms. The number of rotatable bonds is 6. The summed E-state index contributed by atoms with van der Waals surface area (Å²) >= 11 is 0. The molecule has 0 radical (unpaired) electrons. The zero-order chi connectivity index (χ0) is 26.5. The van der Waals surface area contributed by atoms with Crippen LogP contribution in [0.2, 0.25) is 0 Å². The van der Waals surface area contributed by atoms with Gasteiger partial charge in [-0.15, -0.1) is 0 Å². The highest BCUT2D eigenvalue weighted by molar-refractivity contribution is 5.85. The summed E-state index contributed by atoms with van der Waals surface area (Å²) in [5.74, 6) is 7.87. The van der Waals surface area contributed by atoms with Crippen LogP contribution in [-0.2, 0) is 0 Å². The maximum Gasteiger partial charge on any atom is 0.138 e. The Morgan fingerprint density at radius 2 is 1.95 bits per heavy atom. The molecule has 0 amide bonds. The molecule has 4 aromatic rings. The van der Waals surface area contributed by atoms with Crippen molar-refractivity contribution in [2.75, 3.05) is 44.2 Å². The fraction of sp³-hybridized carbons (Fsp3) is 0.310. The molecule has 9 heteroatoms. The van der Waals surface area contributed by atoms with E-state index in [1.165, 1.54) is 0 Å². The van der Waals surface area contributed by atoms with E-state index in [1.54, 1.807) is 43.2 Å². The third-order valence-corrected chi connectivity index (χ3v) is 6.25. The molecule has 0 atom stereocenters. The van der Waals surface area contributed by atoms with Crippen LogP contribution < -0.4 is 9.64 Å². The van der Waals surface area contributed by atoms with Crippen LogP contribution >= 0.6 is 0 Å². The number of piperazine rings is 1. The molecular formula is C29H29N7O2. The van der Waals surface area contributed by atoms with E-state index >= 15 is 0 Å². The van der Waals surface area contributed by atoms with E-state index < -0.39 is 5.60 Å². The highest BCUT2D eigenvalue weighted by atomic mass is 16.5. The predicted octanol–water partition coefficient (Wildman–Crippen LogP) is 2.99. The quantitative estimate of drug-likeness (QED) is 0.398. The van der Waals surface area contributed by atoms with Crippen LogP contribution in [-0.4, -0.2) is 74.5 Å². The van der Waals surface area contributed by atoms with Gasteiger partial charge in [0.15, 0.2) is 0 Å². The lowest BCUT2D eigenvalue weighted by atomic mass is 10.1. The summed E-state index contributed by atoms with van der Waals surface area (Å²) in [5, 5.41) is 24.0. The van der Waals surface area contributed by atoms with Crippen molar-refractivity contribution in [3.8, 4) is 34.8 Å². The topological polar surface area (TPSA) is 103 Å². The maximum atomic E-state index is 10.1. The minimum atomic E-state index is -0.976. The van der Waals surface area contributed by atoms with Crippen molar-refractivity contribution in [3.63, 3.8) is 0 Å². The number of ether oxygens (including phenoxy) is 1. The van der Waals surface area contributed by atoms with Gasteiger partial charge in [0.05, 0.1) is 35.6 Å². The first-order valence-corrected chi connectivity index (χ1v) is 12.5. The van der Waals surface area contributed by atoms with E-state index in [-0.39, 0.29) is 6.61 Å². The second kappa shape index (κ2) is 10.9. The molecule has 5 heterocycles. The van der Waals surface area contributed by atoms with Crippen LogP contribution in [0.3, 0.4) is 0 Å². The summed E-state index contributed by atoms with van der Waals surface area (Å²) in [6.07, 6.45) is 8.61. The van der Waals surface area contributed by atoms with Gasteiger partial charge in [0.25, 0.3) is 0 Å². The normalized spacial score (nSPS) is 14.1. The lowest BCUT2D eigenvalue weighted by Gasteiger charge is -2.34. The number of nitrogens with zero attached hydrogens (tertiary/aromatic N) is 7. The lowest BCUT2D eigenvalue weighted by Crippen LogP contribution is -2.46. The minimum absolute atomic E-state index is 0.128. The Bertz CT molecular complexity index is 1500. The molecule has 9 nitrogen and oxygen atoms in total. The Hall–Kier alpha value is -4.44. The van der Waals surface area contributed by atoms with E-state index in [2.05, 4.69) is 37.8 Å². The molecule has 4 aromatic heterocycles. The molecule has 38 heavy (non-hydrogen) atoms. The van der Waals surface area contributed by atoms with Gasteiger partial charge in [-0.2, -0.15) is 10.4 Å². The molecule has 1 saturated heterocycles. The largest absolute Gasteiger partial charge is 0.489 e. The smallest absolute Gasteiger partial charge is 0.138 e. The van der Waals surface area contributed by atoms with Crippen LogP contribution in [0.1, 0.15) is 25.0 Å². The van der Waals surface area contributed by atoms with Gasteiger partial charge in [-0.1, -0.05) is 11.8 Å². The average Bonchev–Trinajstić information content (AvgIpc) is 3.35. The van der Waals surface area contributed by atoms with Crippen molar-refractivity contribution in [2.45, 2.75) is 19.4 Å². The second-order valence-corrected chi connectivity index (χ2v) is 9.87. The third-order valence-electron chi connectivity index (χ3n) is 6.25. The number of nitriles is 1. The van der Waals surface area contributed by atoms with E-state index in [0.717, 1.165) is 55.2 Å². The highest BCUT2D eigenvalue weighted by Gasteiger charge is 2.19. The molecule has 0 unspecified atom stereocenters. The molecule has 1 aliphatic rings. The van der Waals surface area contributed by atoms with E-state index in [0.29, 0.717) is 16.8 Å². The summed E-state index contributed by atoms with van der Waals surface area (Å²) in [6.45, 7) is 7.78. The highest BCUT2D eigenvalue weighted by Crippen LogP contribution is 2.31. The molecule has 0 spiro atoms. The molecule has 1 aliphatic heterocycles. The summed E-state index contributed by atoms with van der Waals surface area (Å²) in [4.78, 5) is 13.5. The molecule has 0 aliphatic carbocycles. The Balaban J connectivity index is 1.29. The molecule has 0 saturated carbocycles.